The summed E-state index contributed by atoms with van der Waals surface area (Å²) >= 11 is 1.67. The minimum atomic E-state index is -0.00722. The SMILES string of the molecule is COc1cccc(C2CC(c3cccs3)=NN2)c1O. The van der Waals surface area contributed by atoms with Crippen molar-refractivity contribution in [2.45, 2.75) is 12.5 Å². The van der Waals surface area contributed by atoms with Gasteiger partial charge in [-0.2, -0.15) is 5.10 Å². The molecule has 2 aromatic rings. The molecule has 98 valence electrons. The Balaban J connectivity index is 1.83. The number of benzene rings is 1. The second-order valence-corrected chi connectivity index (χ2v) is 5.27. The van der Waals surface area contributed by atoms with Crippen molar-refractivity contribution in [2.75, 3.05) is 7.11 Å². The molecule has 2 N–H and O–H groups in total. The van der Waals surface area contributed by atoms with E-state index in [9.17, 15) is 5.11 Å². The fourth-order valence-corrected chi connectivity index (χ4v) is 2.93. The fraction of sp³-hybridized carbons (Fsp3) is 0.214. The van der Waals surface area contributed by atoms with Crippen LogP contribution in [0.15, 0.2) is 40.8 Å². The van der Waals surface area contributed by atoms with Gasteiger partial charge in [0.05, 0.1) is 23.7 Å². The maximum Gasteiger partial charge on any atom is 0.163 e. The second kappa shape index (κ2) is 4.93. The zero-order chi connectivity index (χ0) is 13.2. The number of phenols is 1. The number of hydrogen-bond acceptors (Lipinski definition) is 5. The van der Waals surface area contributed by atoms with Crippen LogP contribution in [0.5, 0.6) is 11.5 Å². The van der Waals surface area contributed by atoms with E-state index in [-0.39, 0.29) is 11.8 Å². The Hall–Kier alpha value is -2.01. The summed E-state index contributed by atoms with van der Waals surface area (Å²) in [5, 5.41) is 16.5. The normalized spacial score (nSPS) is 17.9. The number of ether oxygens (including phenoxy) is 1. The van der Waals surface area contributed by atoms with Gasteiger partial charge in [0, 0.05) is 12.0 Å². The number of hydrazone groups is 1. The van der Waals surface area contributed by atoms with Crippen LogP contribution < -0.4 is 10.2 Å². The number of hydrogen-bond donors (Lipinski definition) is 2. The van der Waals surface area contributed by atoms with Crippen LogP contribution >= 0.6 is 11.3 Å². The minimum Gasteiger partial charge on any atom is -0.504 e. The van der Waals surface area contributed by atoms with Crippen molar-refractivity contribution < 1.29 is 9.84 Å². The van der Waals surface area contributed by atoms with Crippen molar-refractivity contribution in [1.82, 2.24) is 5.43 Å². The maximum absolute atomic E-state index is 10.2. The summed E-state index contributed by atoms with van der Waals surface area (Å²) in [6.45, 7) is 0. The highest BCUT2D eigenvalue weighted by atomic mass is 32.1. The lowest BCUT2D eigenvalue weighted by Gasteiger charge is -2.14. The first kappa shape index (κ1) is 12.0. The van der Waals surface area contributed by atoms with E-state index in [0.717, 1.165) is 22.6 Å². The molecule has 1 aliphatic heterocycles. The van der Waals surface area contributed by atoms with Gasteiger partial charge in [0.2, 0.25) is 0 Å². The lowest BCUT2D eigenvalue weighted by atomic mass is 10.0. The molecule has 4 nitrogen and oxygen atoms in total. The summed E-state index contributed by atoms with van der Waals surface area (Å²) in [5.41, 5.74) is 4.93. The average Bonchev–Trinajstić information content (AvgIpc) is 3.09. The summed E-state index contributed by atoms with van der Waals surface area (Å²) < 4.78 is 5.13. The van der Waals surface area contributed by atoms with Crippen molar-refractivity contribution in [3.63, 3.8) is 0 Å². The van der Waals surface area contributed by atoms with Crippen LogP contribution in [-0.2, 0) is 0 Å². The van der Waals surface area contributed by atoms with Gasteiger partial charge >= 0.3 is 0 Å². The van der Waals surface area contributed by atoms with Gasteiger partial charge in [0.25, 0.3) is 0 Å². The summed E-state index contributed by atoms with van der Waals surface area (Å²) in [7, 11) is 1.55. The molecular formula is C14H14N2O2S. The predicted molar refractivity (Wildman–Crippen MR) is 76.0 cm³/mol. The molecule has 0 bridgehead atoms. The number of nitrogens with one attached hydrogen (secondary N) is 1. The zero-order valence-electron chi connectivity index (χ0n) is 10.5. The summed E-state index contributed by atoms with van der Waals surface area (Å²) in [6.07, 6.45) is 0.765. The molecule has 1 unspecified atom stereocenters. The first-order chi connectivity index (χ1) is 9.29. The van der Waals surface area contributed by atoms with Gasteiger partial charge in [-0.3, -0.25) is 0 Å². The third-order valence-electron chi connectivity index (χ3n) is 3.18. The molecule has 19 heavy (non-hydrogen) atoms. The summed E-state index contributed by atoms with van der Waals surface area (Å²) in [4.78, 5) is 1.16. The number of aromatic hydroxyl groups is 1. The Morgan fingerprint density at radius 1 is 1.37 bits per heavy atom. The van der Waals surface area contributed by atoms with Crippen molar-refractivity contribution in [2.24, 2.45) is 5.10 Å². The molecular weight excluding hydrogens is 260 g/mol. The van der Waals surface area contributed by atoms with Crippen LogP contribution in [0.2, 0.25) is 0 Å². The number of methoxy groups -OCH3 is 1. The highest BCUT2D eigenvalue weighted by molar-refractivity contribution is 7.12. The Morgan fingerprint density at radius 3 is 3.00 bits per heavy atom. The largest absolute Gasteiger partial charge is 0.504 e. The first-order valence-corrected chi connectivity index (χ1v) is 6.89. The first-order valence-electron chi connectivity index (χ1n) is 6.01. The lowest BCUT2D eigenvalue weighted by Crippen LogP contribution is -2.10. The molecule has 0 saturated carbocycles. The van der Waals surface area contributed by atoms with Gasteiger partial charge in [-0.05, 0) is 17.5 Å². The average molecular weight is 274 g/mol. The van der Waals surface area contributed by atoms with Crippen molar-refractivity contribution in [1.29, 1.82) is 0 Å². The number of nitrogens with zero attached hydrogens (tertiary/aromatic N) is 1. The zero-order valence-corrected chi connectivity index (χ0v) is 11.3. The van der Waals surface area contributed by atoms with Crippen LogP contribution in [-0.4, -0.2) is 17.9 Å². The van der Waals surface area contributed by atoms with E-state index in [1.54, 1.807) is 24.5 Å². The molecule has 1 aromatic carbocycles. The number of para-hydroxylation sites is 1. The van der Waals surface area contributed by atoms with Gasteiger partial charge in [0.15, 0.2) is 11.5 Å². The second-order valence-electron chi connectivity index (χ2n) is 4.32. The van der Waals surface area contributed by atoms with Crippen molar-refractivity contribution in [3.8, 4) is 11.5 Å². The Bertz CT molecular complexity index is 608. The molecule has 0 saturated heterocycles. The van der Waals surface area contributed by atoms with Crippen LogP contribution in [0.3, 0.4) is 0 Å². The monoisotopic (exact) mass is 274 g/mol. The van der Waals surface area contributed by atoms with Gasteiger partial charge in [-0.1, -0.05) is 18.2 Å². The third-order valence-corrected chi connectivity index (χ3v) is 4.10. The minimum absolute atomic E-state index is 0.00722. The molecule has 0 aliphatic carbocycles. The standard InChI is InChI=1S/C14H14N2O2S/c1-18-12-5-2-4-9(14(12)17)10-8-11(16-15-10)13-6-3-7-19-13/h2-7,10,15,17H,8H2,1H3. The molecule has 0 amide bonds. The highest BCUT2D eigenvalue weighted by Crippen LogP contribution is 2.36. The fourth-order valence-electron chi connectivity index (χ4n) is 2.20. The van der Waals surface area contributed by atoms with E-state index in [0.29, 0.717) is 5.75 Å². The molecule has 1 aliphatic rings. The van der Waals surface area contributed by atoms with E-state index < -0.39 is 0 Å². The van der Waals surface area contributed by atoms with Gasteiger partial charge in [-0.15, -0.1) is 11.3 Å². The molecule has 5 heteroatoms. The Labute approximate surface area is 115 Å². The summed E-state index contributed by atoms with van der Waals surface area (Å²) in [6, 6.07) is 9.57. The predicted octanol–water partition coefficient (Wildman–Crippen LogP) is 2.90. The van der Waals surface area contributed by atoms with E-state index in [2.05, 4.69) is 16.6 Å². The van der Waals surface area contributed by atoms with Crippen molar-refractivity contribution >= 4 is 17.0 Å². The molecule has 0 fully saturated rings. The van der Waals surface area contributed by atoms with Crippen LogP contribution in [0.4, 0.5) is 0 Å². The van der Waals surface area contributed by atoms with Gasteiger partial charge in [-0.25, -0.2) is 0 Å². The van der Waals surface area contributed by atoms with E-state index in [4.69, 9.17) is 4.74 Å². The summed E-state index contributed by atoms with van der Waals surface area (Å²) in [5.74, 6) is 0.675. The van der Waals surface area contributed by atoms with Crippen molar-refractivity contribution in [3.05, 3.63) is 46.2 Å². The smallest absolute Gasteiger partial charge is 0.163 e. The number of rotatable bonds is 3. The quantitative estimate of drug-likeness (QED) is 0.905. The number of thiophene rings is 1. The molecule has 2 heterocycles. The highest BCUT2D eigenvalue weighted by Gasteiger charge is 2.25. The van der Waals surface area contributed by atoms with E-state index in [1.807, 2.05) is 23.6 Å². The Kier molecular flexibility index (Phi) is 3.13. The van der Waals surface area contributed by atoms with Crippen LogP contribution in [0, 0.1) is 0 Å². The van der Waals surface area contributed by atoms with Gasteiger partial charge < -0.3 is 15.3 Å². The van der Waals surface area contributed by atoms with Crippen LogP contribution in [0.1, 0.15) is 22.9 Å². The third kappa shape index (κ3) is 2.17. The number of phenolic OH excluding ortho intramolecular Hbond substituents is 1. The molecule has 0 spiro atoms. The molecule has 1 atom stereocenters. The van der Waals surface area contributed by atoms with Gasteiger partial charge in [0.1, 0.15) is 0 Å². The van der Waals surface area contributed by atoms with E-state index >= 15 is 0 Å². The maximum atomic E-state index is 10.2. The topological polar surface area (TPSA) is 53.8 Å². The molecule has 3 rings (SSSR count). The van der Waals surface area contributed by atoms with Crippen LogP contribution in [0.25, 0.3) is 0 Å². The lowest BCUT2D eigenvalue weighted by molar-refractivity contribution is 0.367. The van der Waals surface area contributed by atoms with E-state index in [1.165, 1.54) is 0 Å². The molecule has 1 aromatic heterocycles. The molecule has 0 radical (unpaired) electrons. The Morgan fingerprint density at radius 2 is 2.26 bits per heavy atom.